The van der Waals surface area contributed by atoms with Crippen molar-refractivity contribution in [2.45, 2.75) is 39.5 Å². The SMILES string of the molecule is C=C1C=CC(C)=CN1c1ccc(CCCCC)cc1. The summed E-state index contributed by atoms with van der Waals surface area (Å²) in [5.41, 5.74) is 4.88. The number of benzene rings is 1. The molecule has 0 bridgehead atoms. The lowest BCUT2D eigenvalue weighted by atomic mass is 10.1. The molecule has 0 fully saturated rings. The third-order valence-electron chi connectivity index (χ3n) is 3.46. The lowest BCUT2D eigenvalue weighted by Gasteiger charge is -2.24. The van der Waals surface area contributed by atoms with Gasteiger partial charge in [-0.3, -0.25) is 0 Å². The molecule has 0 spiro atoms. The quantitative estimate of drug-likeness (QED) is 0.651. The first-order valence-electron chi connectivity index (χ1n) is 7.14. The third kappa shape index (κ3) is 3.60. The van der Waals surface area contributed by atoms with Gasteiger partial charge in [-0.2, -0.15) is 0 Å². The molecule has 1 nitrogen and oxygen atoms in total. The summed E-state index contributed by atoms with van der Waals surface area (Å²) in [4.78, 5) is 2.14. The molecular weight excluding hydrogens is 230 g/mol. The molecule has 1 aromatic carbocycles. The number of hydrogen-bond acceptors (Lipinski definition) is 1. The molecule has 0 radical (unpaired) electrons. The Hall–Kier alpha value is -1.76. The normalized spacial score (nSPS) is 14.7. The molecule has 0 N–H and O–H groups in total. The van der Waals surface area contributed by atoms with Gasteiger partial charge in [-0.1, -0.05) is 44.6 Å². The highest BCUT2D eigenvalue weighted by molar-refractivity contribution is 5.60. The summed E-state index contributed by atoms with van der Waals surface area (Å²) < 4.78 is 0. The Labute approximate surface area is 116 Å². The summed E-state index contributed by atoms with van der Waals surface area (Å²) in [6.07, 6.45) is 11.4. The largest absolute Gasteiger partial charge is 0.318 e. The second kappa shape index (κ2) is 6.42. The van der Waals surface area contributed by atoms with Crippen molar-refractivity contribution in [1.29, 1.82) is 0 Å². The van der Waals surface area contributed by atoms with Crippen LogP contribution in [0, 0.1) is 0 Å². The Morgan fingerprint density at radius 1 is 1.05 bits per heavy atom. The van der Waals surface area contributed by atoms with Crippen molar-refractivity contribution in [3.63, 3.8) is 0 Å². The second-order valence-corrected chi connectivity index (χ2v) is 5.19. The molecule has 0 saturated heterocycles. The highest BCUT2D eigenvalue weighted by Crippen LogP contribution is 2.24. The number of aryl methyl sites for hydroxylation is 1. The summed E-state index contributed by atoms with van der Waals surface area (Å²) in [6, 6.07) is 8.85. The first kappa shape index (κ1) is 13.7. The minimum absolute atomic E-state index is 1.02. The maximum absolute atomic E-state index is 4.08. The van der Waals surface area contributed by atoms with Gasteiger partial charge in [0.15, 0.2) is 0 Å². The molecule has 2 rings (SSSR count). The highest BCUT2D eigenvalue weighted by atomic mass is 15.1. The molecule has 0 aromatic heterocycles. The van der Waals surface area contributed by atoms with E-state index in [2.05, 4.69) is 67.9 Å². The fourth-order valence-electron chi connectivity index (χ4n) is 2.28. The van der Waals surface area contributed by atoms with E-state index in [4.69, 9.17) is 0 Å². The van der Waals surface area contributed by atoms with Crippen molar-refractivity contribution in [1.82, 2.24) is 0 Å². The number of nitrogens with zero attached hydrogens (tertiary/aromatic N) is 1. The molecule has 19 heavy (non-hydrogen) atoms. The summed E-state index contributed by atoms with van der Waals surface area (Å²) in [5.74, 6) is 0. The van der Waals surface area contributed by atoms with Crippen LogP contribution in [-0.4, -0.2) is 0 Å². The second-order valence-electron chi connectivity index (χ2n) is 5.19. The summed E-state index contributed by atoms with van der Waals surface area (Å²) in [6.45, 7) is 8.43. The average molecular weight is 253 g/mol. The van der Waals surface area contributed by atoms with Crippen LogP contribution in [0.15, 0.2) is 60.5 Å². The maximum Gasteiger partial charge on any atom is 0.0455 e. The van der Waals surface area contributed by atoms with Gasteiger partial charge in [0.2, 0.25) is 0 Å². The van der Waals surface area contributed by atoms with Gasteiger partial charge in [-0.25, -0.2) is 0 Å². The lowest BCUT2D eigenvalue weighted by molar-refractivity contribution is 0.717. The molecule has 0 atom stereocenters. The monoisotopic (exact) mass is 253 g/mol. The first-order valence-corrected chi connectivity index (χ1v) is 7.14. The Kier molecular flexibility index (Phi) is 4.62. The number of hydrogen-bond donors (Lipinski definition) is 0. The predicted molar refractivity (Wildman–Crippen MR) is 84.2 cm³/mol. The van der Waals surface area contributed by atoms with Gasteiger partial charge in [0.1, 0.15) is 0 Å². The van der Waals surface area contributed by atoms with E-state index in [1.165, 1.54) is 42.5 Å². The maximum atomic E-state index is 4.08. The van der Waals surface area contributed by atoms with Crippen LogP contribution < -0.4 is 4.90 Å². The number of anilines is 1. The van der Waals surface area contributed by atoms with Crippen LogP contribution in [0.2, 0.25) is 0 Å². The van der Waals surface area contributed by atoms with E-state index in [1.54, 1.807) is 0 Å². The molecule has 1 aromatic rings. The summed E-state index contributed by atoms with van der Waals surface area (Å²) in [5, 5.41) is 0. The zero-order valence-corrected chi connectivity index (χ0v) is 12.0. The molecule has 0 unspecified atom stereocenters. The van der Waals surface area contributed by atoms with Crippen LogP contribution in [0.3, 0.4) is 0 Å². The van der Waals surface area contributed by atoms with Crippen molar-refractivity contribution < 1.29 is 0 Å². The van der Waals surface area contributed by atoms with E-state index in [0.29, 0.717) is 0 Å². The van der Waals surface area contributed by atoms with Crippen LogP contribution in [0.25, 0.3) is 0 Å². The van der Waals surface area contributed by atoms with Crippen molar-refractivity contribution >= 4 is 5.69 Å². The van der Waals surface area contributed by atoms with E-state index in [0.717, 1.165) is 5.70 Å². The summed E-state index contributed by atoms with van der Waals surface area (Å²) in [7, 11) is 0. The lowest BCUT2D eigenvalue weighted by Crippen LogP contribution is -2.15. The first-order chi connectivity index (χ1) is 9.20. The van der Waals surface area contributed by atoms with Crippen LogP contribution in [0.1, 0.15) is 38.7 Å². The van der Waals surface area contributed by atoms with E-state index in [-0.39, 0.29) is 0 Å². The van der Waals surface area contributed by atoms with Crippen molar-refractivity contribution in [2.24, 2.45) is 0 Å². The molecule has 0 aliphatic carbocycles. The third-order valence-corrected chi connectivity index (χ3v) is 3.46. The molecule has 100 valence electrons. The van der Waals surface area contributed by atoms with Gasteiger partial charge in [0.05, 0.1) is 0 Å². The Balaban J connectivity index is 2.06. The fraction of sp³-hybridized carbons (Fsp3) is 0.333. The van der Waals surface area contributed by atoms with Gasteiger partial charge in [0.25, 0.3) is 0 Å². The van der Waals surface area contributed by atoms with Gasteiger partial charge in [-0.05, 0) is 49.1 Å². The zero-order valence-electron chi connectivity index (χ0n) is 12.0. The van der Waals surface area contributed by atoms with Crippen LogP contribution in [-0.2, 0) is 6.42 Å². The van der Waals surface area contributed by atoms with Crippen molar-refractivity contribution in [3.8, 4) is 0 Å². The molecule has 1 aliphatic heterocycles. The van der Waals surface area contributed by atoms with Crippen LogP contribution in [0.5, 0.6) is 0 Å². The van der Waals surface area contributed by atoms with Crippen molar-refractivity contribution in [2.75, 3.05) is 4.90 Å². The topological polar surface area (TPSA) is 3.24 Å². The van der Waals surface area contributed by atoms with Gasteiger partial charge in [0, 0.05) is 17.6 Å². The van der Waals surface area contributed by atoms with Gasteiger partial charge in [-0.15, -0.1) is 0 Å². The smallest absolute Gasteiger partial charge is 0.0455 e. The molecule has 1 aliphatic rings. The number of unbranched alkanes of at least 4 members (excludes halogenated alkanes) is 2. The molecule has 0 saturated carbocycles. The Bertz CT molecular complexity index is 491. The van der Waals surface area contributed by atoms with E-state index in [9.17, 15) is 0 Å². The fourth-order valence-corrected chi connectivity index (χ4v) is 2.28. The average Bonchev–Trinajstić information content (AvgIpc) is 2.43. The number of allylic oxidation sites excluding steroid dienone is 3. The Morgan fingerprint density at radius 2 is 1.79 bits per heavy atom. The molecule has 0 amide bonds. The highest BCUT2D eigenvalue weighted by Gasteiger charge is 2.09. The minimum atomic E-state index is 1.02. The van der Waals surface area contributed by atoms with E-state index in [1.807, 2.05) is 0 Å². The standard InChI is InChI=1S/C18H23N/c1-4-5-6-7-17-10-12-18(13-11-17)19-14-15(2)8-9-16(19)3/h8-14H,3-7H2,1-2H3. The Morgan fingerprint density at radius 3 is 2.47 bits per heavy atom. The van der Waals surface area contributed by atoms with Gasteiger partial charge < -0.3 is 4.90 Å². The molecule has 1 heterocycles. The zero-order chi connectivity index (χ0) is 13.7. The van der Waals surface area contributed by atoms with E-state index >= 15 is 0 Å². The van der Waals surface area contributed by atoms with Gasteiger partial charge >= 0.3 is 0 Å². The van der Waals surface area contributed by atoms with Crippen molar-refractivity contribution in [3.05, 3.63) is 66.0 Å². The molecule has 1 heteroatoms. The van der Waals surface area contributed by atoms with Crippen LogP contribution >= 0.6 is 0 Å². The summed E-state index contributed by atoms with van der Waals surface area (Å²) >= 11 is 0. The van der Waals surface area contributed by atoms with Crippen LogP contribution in [0.4, 0.5) is 5.69 Å². The van der Waals surface area contributed by atoms with E-state index < -0.39 is 0 Å². The molecular formula is C18H23N. The number of rotatable bonds is 5. The predicted octanol–water partition coefficient (Wildman–Crippen LogP) is 5.21. The minimum Gasteiger partial charge on any atom is -0.318 e.